The molecule has 2 heterocycles. The van der Waals surface area contributed by atoms with Crippen molar-refractivity contribution in [2.45, 2.75) is 31.2 Å². The van der Waals surface area contributed by atoms with Crippen LogP contribution in [0, 0.1) is 0 Å². The van der Waals surface area contributed by atoms with E-state index in [0.717, 1.165) is 29.8 Å². The molecule has 0 bridgehead atoms. The van der Waals surface area contributed by atoms with Gasteiger partial charge < -0.3 is 15.1 Å². The zero-order chi connectivity index (χ0) is 17.7. The van der Waals surface area contributed by atoms with E-state index in [4.69, 9.17) is 4.42 Å². The van der Waals surface area contributed by atoms with Crippen molar-refractivity contribution in [1.82, 2.24) is 10.3 Å². The first-order chi connectivity index (χ1) is 12.7. The SMILES string of the molecule is O=C(CC1NC(=O)c2ccccc21)Nc1ccc2nc(C3CC3)oc2c1. The maximum absolute atomic E-state index is 12.4. The number of oxazole rings is 1. The summed E-state index contributed by atoms with van der Waals surface area (Å²) < 4.78 is 5.79. The molecule has 1 atom stereocenters. The van der Waals surface area contributed by atoms with Crippen LogP contribution in [-0.2, 0) is 4.79 Å². The first-order valence-electron chi connectivity index (χ1n) is 8.77. The molecule has 130 valence electrons. The van der Waals surface area contributed by atoms with Crippen LogP contribution in [0.2, 0.25) is 0 Å². The van der Waals surface area contributed by atoms with Crippen LogP contribution < -0.4 is 10.6 Å². The third-order valence-corrected chi connectivity index (χ3v) is 4.89. The molecule has 0 spiro atoms. The number of nitrogens with one attached hydrogen (secondary N) is 2. The molecular formula is C20H17N3O3. The molecule has 1 fully saturated rings. The molecule has 1 unspecified atom stereocenters. The van der Waals surface area contributed by atoms with E-state index in [1.807, 2.05) is 30.3 Å². The molecule has 26 heavy (non-hydrogen) atoms. The van der Waals surface area contributed by atoms with Gasteiger partial charge in [0.1, 0.15) is 5.52 Å². The minimum Gasteiger partial charge on any atom is -0.440 e. The van der Waals surface area contributed by atoms with E-state index in [0.29, 0.717) is 22.8 Å². The van der Waals surface area contributed by atoms with Gasteiger partial charge in [0, 0.05) is 23.2 Å². The summed E-state index contributed by atoms with van der Waals surface area (Å²) in [6.07, 6.45) is 2.44. The summed E-state index contributed by atoms with van der Waals surface area (Å²) in [5.41, 5.74) is 3.66. The second-order valence-corrected chi connectivity index (χ2v) is 6.87. The van der Waals surface area contributed by atoms with Crippen molar-refractivity contribution in [3.63, 3.8) is 0 Å². The van der Waals surface area contributed by atoms with Crippen LogP contribution in [-0.4, -0.2) is 16.8 Å². The Morgan fingerprint density at radius 1 is 1.23 bits per heavy atom. The number of amides is 2. The lowest BCUT2D eigenvalue weighted by Gasteiger charge is -2.12. The molecule has 6 nitrogen and oxygen atoms in total. The van der Waals surface area contributed by atoms with Crippen molar-refractivity contribution >= 4 is 28.6 Å². The van der Waals surface area contributed by atoms with E-state index in [2.05, 4.69) is 15.6 Å². The van der Waals surface area contributed by atoms with E-state index in [9.17, 15) is 9.59 Å². The van der Waals surface area contributed by atoms with E-state index < -0.39 is 0 Å². The van der Waals surface area contributed by atoms with Gasteiger partial charge in [-0.15, -0.1) is 0 Å². The molecule has 2 aromatic carbocycles. The monoisotopic (exact) mass is 347 g/mol. The van der Waals surface area contributed by atoms with Crippen molar-refractivity contribution in [3.05, 3.63) is 59.5 Å². The van der Waals surface area contributed by atoms with Crippen LogP contribution in [0.15, 0.2) is 46.9 Å². The van der Waals surface area contributed by atoms with Gasteiger partial charge in [0.2, 0.25) is 5.91 Å². The predicted octanol–water partition coefficient (Wildman–Crippen LogP) is 3.52. The van der Waals surface area contributed by atoms with Crippen molar-refractivity contribution in [2.24, 2.45) is 0 Å². The predicted molar refractivity (Wildman–Crippen MR) is 95.9 cm³/mol. The Hall–Kier alpha value is -3.15. The molecule has 2 N–H and O–H groups in total. The normalized spacial score (nSPS) is 18.6. The zero-order valence-corrected chi connectivity index (χ0v) is 14.0. The smallest absolute Gasteiger partial charge is 0.252 e. The van der Waals surface area contributed by atoms with Crippen LogP contribution in [0.25, 0.3) is 11.1 Å². The first kappa shape index (κ1) is 15.1. The molecule has 2 aliphatic rings. The fourth-order valence-corrected chi connectivity index (χ4v) is 3.40. The topological polar surface area (TPSA) is 84.2 Å². The average molecular weight is 347 g/mol. The fourth-order valence-electron chi connectivity index (χ4n) is 3.40. The molecular weight excluding hydrogens is 330 g/mol. The van der Waals surface area contributed by atoms with E-state index in [1.165, 1.54) is 0 Å². The van der Waals surface area contributed by atoms with Crippen LogP contribution >= 0.6 is 0 Å². The number of aromatic nitrogens is 1. The molecule has 1 aromatic heterocycles. The van der Waals surface area contributed by atoms with Crippen LogP contribution in [0.3, 0.4) is 0 Å². The number of hydrogen-bond donors (Lipinski definition) is 2. The van der Waals surface area contributed by atoms with Crippen molar-refractivity contribution in [2.75, 3.05) is 5.32 Å². The lowest BCUT2D eigenvalue weighted by molar-refractivity contribution is -0.116. The lowest BCUT2D eigenvalue weighted by Crippen LogP contribution is -2.24. The summed E-state index contributed by atoms with van der Waals surface area (Å²) in [6, 6.07) is 12.5. The highest BCUT2D eigenvalue weighted by Crippen LogP contribution is 2.40. The molecule has 1 aliphatic heterocycles. The Kier molecular flexibility index (Phi) is 3.31. The molecule has 0 radical (unpaired) electrons. The summed E-state index contributed by atoms with van der Waals surface area (Å²) in [5.74, 6) is 0.947. The number of rotatable bonds is 4. The largest absolute Gasteiger partial charge is 0.440 e. The Morgan fingerprint density at radius 3 is 2.92 bits per heavy atom. The standard InChI is InChI=1S/C20H17N3O3/c24-18(10-16-13-3-1-2-4-14(13)19(25)22-16)21-12-7-8-15-17(9-12)26-20(23-15)11-5-6-11/h1-4,7-9,11,16H,5-6,10H2,(H,21,24)(H,22,25). The highest BCUT2D eigenvalue weighted by Gasteiger charge is 2.30. The first-order valence-corrected chi connectivity index (χ1v) is 8.77. The van der Waals surface area contributed by atoms with E-state index in [-0.39, 0.29) is 24.3 Å². The molecule has 1 saturated carbocycles. The zero-order valence-electron chi connectivity index (χ0n) is 14.0. The minimum absolute atomic E-state index is 0.130. The van der Waals surface area contributed by atoms with Crippen molar-refractivity contribution in [1.29, 1.82) is 0 Å². The summed E-state index contributed by atoms with van der Waals surface area (Å²) in [7, 11) is 0. The van der Waals surface area contributed by atoms with E-state index >= 15 is 0 Å². The van der Waals surface area contributed by atoms with Gasteiger partial charge in [0.05, 0.1) is 12.5 Å². The summed E-state index contributed by atoms with van der Waals surface area (Å²) in [5, 5.41) is 5.74. The Morgan fingerprint density at radius 2 is 2.08 bits per heavy atom. The van der Waals surface area contributed by atoms with Crippen LogP contribution in [0.4, 0.5) is 5.69 Å². The third-order valence-electron chi connectivity index (χ3n) is 4.89. The van der Waals surface area contributed by atoms with Gasteiger partial charge in [-0.25, -0.2) is 4.98 Å². The summed E-state index contributed by atoms with van der Waals surface area (Å²) >= 11 is 0. The molecule has 1 aliphatic carbocycles. The number of anilines is 1. The van der Waals surface area contributed by atoms with E-state index in [1.54, 1.807) is 12.1 Å². The van der Waals surface area contributed by atoms with Gasteiger partial charge in [-0.1, -0.05) is 18.2 Å². The van der Waals surface area contributed by atoms with Crippen LogP contribution in [0.1, 0.15) is 53.0 Å². The van der Waals surface area contributed by atoms with Crippen LogP contribution in [0.5, 0.6) is 0 Å². The second-order valence-electron chi connectivity index (χ2n) is 6.87. The average Bonchev–Trinajstić information content (AvgIpc) is 3.33. The number of fused-ring (bicyclic) bond motifs is 2. The maximum Gasteiger partial charge on any atom is 0.252 e. The number of carbonyl (C=O) groups is 2. The fraction of sp³-hybridized carbons (Fsp3) is 0.250. The quantitative estimate of drug-likeness (QED) is 0.756. The summed E-state index contributed by atoms with van der Waals surface area (Å²) in [6.45, 7) is 0. The highest BCUT2D eigenvalue weighted by atomic mass is 16.3. The van der Waals surface area contributed by atoms with Gasteiger partial charge in [-0.05, 0) is 36.6 Å². The van der Waals surface area contributed by atoms with Gasteiger partial charge in [0.15, 0.2) is 11.5 Å². The Labute approximate surface area is 149 Å². The van der Waals surface area contributed by atoms with Gasteiger partial charge >= 0.3 is 0 Å². The maximum atomic E-state index is 12.4. The second kappa shape index (κ2) is 5.69. The molecule has 0 saturated heterocycles. The number of benzene rings is 2. The molecule has 5 rings (SSSR count). The molecule has 6 heteroatoms. The van der Waals surface area contributed by atoms with Gasteiger partial charge in [0.25, 0.3) is 5.91 Å². The summed E-state index contributed by atoms with van der Waals surface area (Å²) in [4.78, 5) is 28.9. The third kappa shape index (κ3) is 2.63. The number of hydrogen-bond acceptors (Lipinski definition) is 4. The minimum atomic E-state index is -0.297. The Bertz CT molecular complexity index is 1040. The Balaban J connectivity index is 1.31. The van der Waals surface area contributed by atoms with Crippen molar-refractivity contribution in [3.8, 4) is 0 Å². The molecule has 3 aromatic rings. The molecule has 2 amide bonds. The number of nitrogens with zero attached hydrogens (tertiary/aromatic N) is 1. The lowest BCUT2D eigenvalue weighted by atomic mass is 10.0. The highest BCUT2D eigenvalue weighted by molar-refractivity contribution is 6.00. The number of carbonyl (C=O) groups excluding carboxylic acids is 2. The van der Waals surface area contributed by atoms with Crippen molar-refractivity contribution < 1.29 is 14.0 Å². The van der Waals surface area contributed by atoms with Gasteiger partial charge in [-0.3, -0.25) is 9.59 Å². The van der Waals surface area contributed by atoms with Gasteiger partial charge in [-0.2, -0.15) is 0 Å².